The van der Waals surface area contributed by atoms with Crippen LogP contribution in [-0.4, -0.2) is 30.2 Å². The summed E-state index contributed by atoms with van der Waals surface area (Å²) in [6.45, 7) is 0.582. The van der Waals surface area contributed by atoms with Gasteiger partial charge >= 0.3 is 0 Å². The largest absolute Gasteiger partial charge is 0.384 e. The molecule has 3 nitrogen and oxygen atoms in total. The lowest BCUT2D eigenvalue weighted by molar-refractivity contribution is -0.115. The van der Waals surface area contributed by atoms with Gasteiger partial charge in [0.05, 0.1) is 6.61 Å². The van der Waals surface area contributed by atoms with Crippen molar-refractivity contribution in [1.82, 2.24) is 0 Å². The third-order valence-corrected chi connectivity index (χ3v) is 1.54. The third-order valence-electron chi connectivity index (χ3n) is 1.54. The first-order valence-electron chi connectivity index (χ1n) is 3.00. The first kappa shape index (κ1) is 5.41. The van der Waals surface area contributed by atoms with E-state index in [9.17, 15) is 0 Å². The van der Waals surface area contributed by atoms with E-state index < -0.39 is 12.4 Å². The van der Waals surface area contributed by atoms with Crippen LogP contribution in [0.2, 0.25) is 0 Å². The van der Waals surface area contributed by atoms with Gasteiger partial charge < -0.3 is 14.6 Å². The van der Waals surface area contributed by atoms with Crippen LogP contribution < -0.4 is 0 Å². The van der Waals surface area contributed by atoms with Crippen molar-refractivity contribution >= 4 is 0 Å². The monoisotopic (exact) mass is 128 g/mol. The molecule has 3 heteroatoms. The van der Waals surface area contributed by atoms with Crippen LogP contribution in [0.3, 0.4) is 0 Å². The lowest BCUT2D eigenvalue weighted by Gasteiger charge is -2.17. The third kappa shape index (κ3) is 0.775. The molecule has 1 fully saturated rings. The van der Waals surface area contributed by atoms with Crippen molar-refractivity contribution in [3.63, 3.8) is 0 Å². The zero-order chi connectivity index (χ0) is 6.27. The van der Waals surface area contributed by atoms with Gasteiger partial charge in [-0.15, -0.1) is 0 Å². The highest BCUT2D eigenvalue weighted by Crippen LogP contribution is 2.20. The highest BCUT2D eigenvalue weighted by molar-refractivity contribution is 5.02. The SMILES string of the molecule is OC1C=C[C@H]2CO[C@@H]1O2. The molecular formula is C6H8O3. The summed E-state index contributed by atoms with van der Waals surface area (Å²) in [7, 11) is 0. The Morgan fingerprint density at radius 1 is 1.44 bits per heavy atom. The molecule has 0 radical (unpaired) electrons. The van der Waals surface area contributed by atoms with Crippen molar-refractivity contribution in [1.29, 1.82) is 0 Å². The first-order valence-corrected chi connectivity index (χ1v) is 3.00. The van der Waals surface area contributed by atoms with Gasteiger partial charge in [-0.25, -0.2) is 0 Å². The molecule has 0 spiro atoms. The molecule has 2 aliphatic rings. The number of aliphatic hydroxyl groups is 1. The molecule has 2 heterocycles. The molecule has 9 heavy (non-hydrogen) atoms. The molecule has 0 saturated carbocycles. The molecule has 1 N–H and O–H groups in total. The maximum absolute atomic E-state index is 9.06. The van der Waals surface area contributed by atoms with Crippen LogP contribution in [0.5, 0.6) is 0 Å². The lowest BCUT2D eigenvalue weighted by Crippen LogP contribution is -2.28. The van der Waals surface area contributed by atoms with E-state index in [1.165, 1.54) is 0 Å². The Kier molecular flexibility index (Phi) is 1.08. The van der Waals surface area contributed by atoms with Crippen molar-refractivity contribution < 1.29 is 14.6 Å². The smallest absolute Gasteiger partial charge is 0.188 e. The van der Waals surface area contributed by atoms with Crippen molar-refractivity contribution in [3.05, 3.63) is 12.2 Å². The second-order valence-electron chi connectivity index (χ2n) is 2.25. The van der Waals surface area contributed by atoms with Gasteiger partial charge in [-0.2, -0.15) is 0 Å². The number of hydrogen-bond acceptors (Lipinski definition) is 3. The minimum Gasteiger partial charge on any atom is -0.384 e. The maximum Gasteiger partial charge on any atom is 0.188 e. The quantitative estimate of drug-likeness (QED) is 0.453. The average Bonchev–Trinajstić information content (AvgIpc) is 2.25. The number of rotatable bonds is 0. The fourth-order valence-electron chi connectivity index (χ4n) is 1.05. The van der Waals surface area contributed by atoms with Gasteiger partial charge in [0, 0.05) is 0 Å². The summed E-state index contributed by atoms with van der Waals surface area (Å²) in [5.41, 5.74) is 0. The Bertz CT molecular complexity index is 143. The molecule has 0 aromatic heterocycles. The predicted octanol–water partition coefficient (Wildman–Crippen LogP) is -0.341. The zero-order valence-electron chi connectivity index (χ0n) is 4.86. The minimum absolute atomic E-state index is 0.0819. The lowest BCUT2D eigenvalue weighted by atomic mass is 10.2. The van der Waals surface area contributed by atoms with E-state index in [0.717, 1.165) is 0 Å². The normalized spacial score (nSPS) is 47.9. The Morgan fingerprint density at radius 2 is 2.33 bits per heavy atom. The van der Waals surface area contributed by atoms with Crippen molar-refractivity contribution in [3.8, 4) is 0 Å². The van der Waals surface area contributed by atoms with Crippen LogP contribution >= 0.6 is 0 Å². The Morgan fingerprint density at radius 3 is 3.11 bits per heavy atom. The van der Waals surface area contributed by atoms with Crippen molar-refractivity contribution in [2.24, 2.45) is 0 Å². The summed E-state index contributed by atoms with van der Waals surface area (Å²) in [5, 5.41) is 9.06. The summed E-state index contributed by atoms with van der Waals surface area (Å²) < 4.78 is 10.2. The molecule has 2 rings (SSSR count). The first-order chi connectivity index (χ1) is 4.36. The molecule has 2 aliphatic heterocycles. The predicted molar refractivity (Wildman–Crippen MR) is 29.8 cm³/mol. The second-order valence-corrected chi connectivity index (χ2v) is 2.25. The Hall–Kier alpha value is -0.380. The highest BCUT2D eigenvalue weighted by atomic mass is 16.7. The van der Waals surface area contributed by atoms with Crippen molar-refractivity contribution in [2.45, 2.75) is 18.5 Å². The van der Waals surface area contributed by atoms with Gasteiger partial charge in [0.2, 0.25) is 0 Å². The van der Waals surface area contributed by atoms with Gasteiger partial charge in [0.15, 0.2) is 6.29 Å². The van der Waals surface area contributed by atoms with Gasteiger partial charge in [-0.3, -0.25) is 0 Å². The van der Waals surface area contributed by atoms with Gasteiger partial charge in [0.1, 0.15) is 12.2 Å². The fraction of sp³-hybridized carbons (Fsp3) is 0.667. The fourth-order valence-corrected chi connectivity index (χ4v) is 1.05. The molecule has 2 bridgehead atoms. The van der Waals surface area contributed by atoms with Crippen LogP contribution in [0.1, 0.15) is 0 Å². The van der Waals surface area contributed by atoms with E-state index in [4.69, 9.17) is 14.6 Å². The van der Waals surface area contributed by atoms with E-state index in [1.807, 2.05) is 6.08 Å². The van der Waals surface area contributed by atoms with Crippen LogP contribution in [0, 0.1) is 0 Å². The molecule has 50 valence electrons. The van der Waals surface area contributed by atoms with Crippen molar-refractivity contribution in [2.75, 3.05) is 6.61 Å². The summed E-state index contributed by atoms with van der Waals surface area (Å²) in [6.07, 6.45) is 2.65. The van der Waals surface area contributed by atoms with E-state index in [-0.39, 0.29) is 6.10 Å². The summed E-state index contributed by atoms with van der Waals surface area (Å²) >= 11 is 0. The molecular weight excluding hydrogens is 120 g/mol. The van der Waals surface area contributed by atoms with E-state index in [1.54, 1.807) is 6.08 Å². The van der Waals surface area contributed by atoms with Gasteiger partial charge in [-0.1, -0.05) is 12.2 Å². The average molecular weight is 128 g/mol. The number of hydrogen-bond donors (Lipinski definition) is 1. The number of aliphatic hydroxyl groups excluding tert-OH is 1. The molecule has 3 atom stereocenters. The van der Waals surface area contributed by atoms with Crippen LogP contribution in [0.4, 0.5) is 0 Å². The molecule has 0 amide bonds. The molecule has 0 aliphatic carbocycles. The van der Waals surface area contributed by atoms with Crippen LogP contribution in [0.15, 0.2) is 12.2 Å². The summed E-state index contributed by atoms with van der Waals surface area (Å²) in [4.78, 5) is 0. The maximum atomic E-state index is 9.06. The van der Waals surface area contributed by atoms with Crippen LogP contribution in [-0.2, 0) is 9.47 Å². The second kappa shape index (κ2) is 1.80. The standard InChI is InChI=1S/C6H8O3/c7-5-2-1-4-3-8-6(5)9-4/h1-2,4-7H,3H2/t4-,5?,6+/m0/s1. The zero-order valence-corrected chi connectivity index (χ0v) is 4.86. The summed E-state index contributed by atoms with van der Waals surface area (Å²) in [6, 6.07) is 0. The van der Waals surface area contributed by atoms with Gasteiger partial charge in [0.25, 0.3) is 0 Å². The molecule has 1 unspecified atom stereocenters. The summed E-state index contributed by atoms with van der Waals surface area (Å²) in [5.74, 6) is 0. The van der Waals surface area contributed by atoms with E-state index >= 15 is 0 Å². The van der Waals surface area contributed by atoms with Crippen LogP contribution in [0.25, 0.3) is 0 Å². The van der Waals surface area contributed by atoms with E-state index in [0.29, 0.717) is 6.61 Å². The highest BCUT2D eigenvalue weighted by Gasteiger charge is 2.32. The van der Waals surface area contributed by atoms with Gasteiger partial charge in [-0.05, 0) is 0 Å². The Labute approximate surface area is 52.9 Å². The molecule has 0 aromatic rings. The number of ether oxygens (including phenoxy) is 2. The molecule has 1 saturated heterocycles. The topological polar surface area (TPSA) is 38.7 Å². The van der Waals surface area contributed by atoms with E-state index in [2.05, 4.69) is 0 Å². The molecule has 0 aromatic carbocycles. The number of fused-ring (bicyclic) bond motifs is 2. The minimum atomic E-state index is -0.566. The Balaban J connectivity index is 2.19.